The number of rotatable bonds is 2. The van der Waals surface area contributed by atoms with Gasteiger partial charge in [-0.1, -0.05) is 25.9 Å². The number of halogens is 3. The number of likely N-dealkylation sites (tertiary alicyclic amines) is 1. The molecule has 4 heterocycles. The van der Waals surface area contributed by atoms with Crippen molar-refractivity contribution in [3.05, 3.63) is 40.5 Å². The molecule has 166 valence electrons. The summed E-state index contributed by atoms with van der Waals surface area (Å²) in [6.45, 7) is 8.27. The van der Waals surface area contributed by atoms with E-state index in [1.165, 1.54) is 6.92 Å². The van der Waals surface area contributed by atoms with Crippen molar-refractivity contribution in [3.63, 3.8) is 0 Å². The number of hydrogen-bond donors (Lipinski definition) is 1. The van der Waals surface area contributed by atoms with Crippen molar-refractivity contribution in [3.8, 4) is 0 Å². The highest BCUT2D eigenvalue weighted by Gasteiger charge is 2.37. The zero-order valence-corrected chi connectivity index (χ0v) is 17.8. The van der Waals surface area contributed by atoms with Crippen LogP contribution in [0.4, 0.5) is 13.2 Å². The Morgan fingerprint density at radius 1 is 1.26 bits per heavy atom. The van der Waals surface area contributed by atoms with Crippen molar-refractivity contribution in [1.82, 2.24) is 25.2 Å². The summed E-state index contributed by atoms with van der Waals surface area (Å²) in [6, 6.07) is 2.80. The van der Waals surface area contributed by atoms with Crippen LogP contribution in [0.3, 0.4) is 0 Å². The fourth-order valence-electron chi connectivity index (χ4n) is 3.93. The summed E-state index contributed by atoms with van der Waals surface area (Å²) in [6.07, 6.45) is -3.28. The SMILES string of the molecule is Cc1noc2nc([C@H]3CCCN(C(=O)c4cc(C(C)(C)C)[nH]n4)C3)cc(C(F)(F)F)c12. The Labute approximate surface area is 177 Å². The molecule has 0 aliphatic carbocycles. The molecule has 1 aliphatic rings. The molecule has 0 aromatic carbocycles. The average Bonchev–Trinajstić information content (AvgIpc) is 3.34. The van der Waals surface area contributed by atoms with Gasteiger partial charge in [0.2, 0.25) is 0 Å². The molecule has 31 heavy (non-hydrogen) atoms. The minimum absolute atomic E-state index is 0.119. The number of aromatic amines is 1. The second-order valence-corrected chi connectivity index (χ2v) is 9.05. The number of pyridine rings is 1. The van der Waals surface area contributed by atoms with Gasteiger partial charge < -0.3 is 9.42 Å². The molecule has 1 fully saturated rings. The summed E-state index contributed by atoms with van der Waals surface area (Å²) in [5, 5.41) is 10.6. The Kier molecular flexibility index (Phi) is 5.06. The number of nitrogens with one attached hydrogen (secondary N) is 1. The van der Waals surface area contributed by atoms with Gasteiger partial charge in [0.25, 0.3) is 11.6 Å². The number of amides is 1. The number of piperidine rings is 1. The van der Waals surface area contributed by atoms with E-state index in [-0.39, 0.29) is 46.3 Å². The Bertz CT molecular complexity index is 1130. The maximum Gasteiger partial charge on any atom is 0.417 e. The van der Waals surface area contributed by atoms with Crippen LogP contribution < -0.4 is 0 Å². The van der Waals surface area contributed by atoms with E-state index in [1.54, 1.807) is 11.0 Å². The molecule has 0 spiro atoms. The lowest BCUT2D eigenvalue weighted by molar-refractivity contribution is -0.136. The molecule has 1 amide bonds. The quantitative estimate of drug-likeness (QED) is 0.636. The number of carbonyl (C=O) groups is 1. The molecule has 0 radical (unpaired) electrons. The fraction of sp³-hybridized carbons (Fsp3) is 0.524. The predicted molar refractivity (Wildman–Crippen MR) is 107 cm³/mol. The molecule has 0 bridgehead atoms. The van der Waals surface area contributed by atoms with Crippen molar-refractivity contribution in [2.45, 2.75) is 58.0 Å². The van der Waals surface area contributed by atoms with Crippen molar-refractivity contribution in [2.24, 2.45) is 0 Å². The first-order valence-electron chi connectivity index (χ1n) is 10.1. The van der Waals surface area contributed by atoms with Crippen LogP contribution in [0.15, 0.2) is 16.7 Å². The Hall–Kier alpha value is -2.91. The van der Waals surface area contributed by atoms with E-state index in [9.17, 15) is 18.0 Å². The first-order valence-corrected chi connectivity index (χ1v) is 10.1. The monoisotopic (exact) mass is 435 g/mol. The highest BCUT2D eigenvalue weighted by atomic mass is 19.4. The van der Waals surface area contributed by atoms with E-state index in [2.05, 4.69) is 20.3 Å². The standard InChI is InChI=1S/C21H24F3N5O2/c1-11-17-13(21(22,23)24)8-14(25-18(17)31-28-11)12-6-5-7-29(10-12)19(30)15-9-16(27-26-15)20(2,3)4/h8-9,12H,5-7,10H2,1-4H3,(H,26,27)/t12-/m0/s1. The number of H-pyrrole nitrogens is 1. The molecule has 1 saturated heterocycles. The molecule has 1 N–H and O–H groups in total. The number of aromatic nitrogens is 4. The molecule has 1 atom stereocenters. The third-order valence-corrected chi connectivity index (χ3v) is 5.67. The second-order valence-electron chi connectivity index (χ2n) is 9.05. The van der Waals surface area contributed by atoms with Crippen molar-refractivity contribution in [2.75, 3.05) is 13.1 Å². The highest BCUT2D eigenvalue weighted by molar-refractivity contribution is 5.92. The summed E-state index contributed by atoms with van der Waals surface area (Å²) in [5.74, 6) is -0.585. The summed E-state index contributed by atoms with van der Waals surface area (Å²) < 4.78 is 46.1. The Morgan fingerprint density at radius 3 is 2.65 bits per heavy atom. The van der Waals surface area contributed by atoms with Gasteiger partial charge in [-0.25, -0.2) is 4.98 Å². The Morgan fingerprint density at radius 2 is 2.00 bits per heavy atom. The van der Waals surface area contributed by atoms with E-state index in [4.69, 9.17) is 4.52 Å². The lowest BCUT2D eigenvalue weighted by Gasteiger charge is -2.32. The highest BCUT2D eigenvalue weighted by Crippen LogP contribution is 2.38. The zero-order valence-electron chi connectivity index (χ0n) is 17.8. The molecule has 0 unspecified atom stereocenters. The molecule has 4 rings (SSSR count). The van der Waals surface area contributed by atoms with E-state index in [0.29, 0.717) is 25.1 Å². The molecular formula is C21H24F3N5O2. The number of alkyl halides is 3. The average molecular weight is 435 g/mol. The van der Waals surface area contributed by atoms with Gasteiger partial charge in [0.1, 0.15) is 5.69 Å². The maximum absolute atomic E-state index is 13.7. The molecule has 10 heteroatoms. The third-order valence-electron chi connectivity index (χ3n) is 5.67. The van der Waals surface area contributed by atoms with E-state index in [0.717, 1.165) is 11.8 Å². The van der Waals surface area contributed by atoms with Crippen LogP contribution in [0.25, 0.3) is 11.1 Å². The first kappa shape index (κ1) is 21.3. The van der Waals surface area contributed by atoms with Crippen LogP contribution in [0.2, 0.25) is 0 Å². The minimum Gasteiger partial charge on any atom is -0.337 e. The van der Waals surface area contributed by atoms with Crippen molar-refractivity contribution >= 4 is 17.0 Å². The molecule has 3 aromatic heterocycles. The van der Waals surface area contributed by atoms with Crippen molar-refractivity contribution in [1.29, 1.82) is 0 Å². The lowest BCUT2D eigenvalue weighted by atomic mass is 9.91. The summed E-state index contributed by atoms with van der Waals surface area (Å²) in [7, 11) is 0. The lowest BCUT2D eigenvalue weighted by Crippen LogP contribution is -2.39. The molecule has 1 aliphatic heterocycles. The maximum atomic E-state index is 13.7. The van der Waals surface area contributed by atoms with Gasteiger partial charge in [0, 0.05) is 30.1 Å². The summed E-state index contributed by atoms with van der Waals surface area (Å²) in [5.41, 5.74) is 0.423. The number of fused-ring (bicyclic) bond motifs is 1. The fourth-order valence-corrected chi connectivity index (χ4v) is 3.93. The predicted octanol–water partition coefficient (Wildman–Crippen LogP) is 4.59. The van der Waals surface area contributed by atoms with Gasteiger partial charge in [0.05, 0.1) is 22.3 Å². The summed E-state index contributed by atoms with van der Waals surface area (Å²) in [4.78, 5) is 18.9. The second kappa shape index (κ2) is 7.35. The zero-order chi connectivity index (χ0) is 22.6. The number of nitrogens with zero attached hydrogens (tertiary/aromatic N) is 4. The first-order chi connectivity index (χ1) is 14.4. The van der Waals surface area contributed by atoms with Gasteiger partial charge in [-0.3, -0.25) is 9.89 Å². The van der Waals surface area contributed by atoms with Crippen LogP contribution in [0.5, 0.6) is 0 Å². The van der Waals surface area contributed by atoms with Crippen LogP contribution >= 0.6 is 0 Å². The summed E-state index contributed by atoms with van der Waals surface area (Å²) >= 11 is 0. The van der Waals surface area contributed by atoms with Crippen LogP contribution in [-0.2, 0) is 11.6 Å². The number of aryl methyl sites for hydroxylation is 1. The van der Waals surface area contributed by atoms with Crippen LogP contribution in [0, 0.1) is 6.92 Å². The van der Waals surface area contributed by atoms with Gasteiger partial charge in [-0.15, -0.1) is 0 Å². The van der Waals surface area contributed by atoms with Gasteiger partial charge in [0.15, 0.2) is 0 Å². The normalized spacial score (nSPS) is 18.0. The smallest absolute Gasteiger partial charge is 0.337 e. The van der Waals surface area contributed by atoms with Crippen LogP contribution in [0.1, 0.15) is 72.7 Å². The topological polar surface area (TPSA) is 87.9 Å². The molecule has 7 nitrogen and oxygen atoms in total. The van der Waals surface area contributed by atoms with E-state index < -0.39 is 11.7 Å². The van der Waals surface area contributed by atoms with Gasteiger partial charge in [-0.2, -0.15) is 18.3 Å². The minimum atomic E-state index is -4.56. The largest absolute Gasteiger partial charge is 0.417 e. The number of carbonyl (C=O) groups excluding carboxylic acids is 1. The molecule has 0 saturated carbocycles. The molecule has 3 aromatic rings. The Balaban J connectivity index is 1.62. The van der Waals surface area contributed by atoms with Gasteiger partial charge >= 0.3 is 6.18 Å². The van der Waals surface area contributed by atoms with Gasteiger partial charge in [-0.05, 0) is 31.9 Å². The van der Waals surface area contributed by atoms with Crippen molar-refractivity contribution < 1.29 is 22.5 Å². The van der Waals surface area contributed by atoms with E-state index in [1.807, 2.05) is 20.8 Å². The number of hydrogen-bond acceptors (Lipinski definition) is 5. The third kappa shape index (κ3) is 4.03. The van der Waals surface area contributed by atoms with Crippen LogP contribution in [-0.4, -0.2) is 44.2 Å². The van der Waals surface area contributed by atoms with E-state index >= 15 is 0 Å². The molecular weight excluding hydrogens is 411 g/mol.